The van der Waals surface area contributed by atoms with Crippen LogP contribution in [0.1, 0.15) is 5.56 Å². The maximum Gasteiger partial charge on any atom is 0.416 e. The van der Waals surface area contributed by atoms with Crippen molar-refractivity contribution in [2.75, 3.05) is 25.0 Å². The highest BCUT2D eigenvalue weighted by Crippen LogP contribution is 2.30. The Labute approximate surface area is 114 Å². The van der Waals surface area contributed by atoms with E-state index in [4.69, 9.17) is 5.73 Å². The number of nitrogens with two attached hydrogens (primary N) is 1. The SMILES string of the molecule is CNC(=O)N(CC(O)CN)c1ccc(C(F)(F)F)cc1. The average Bonchev–Trinajstić information content (AvgIpc) is 2.42. The molecule has 0 fully saturated rings. The fourth-order valence-corrected chi connectivity index (χ4v) is 1.56. The number of halogens is 3. The molecule has 8 heteroatoms. The maximum atomic E-state index is 12.5. The van der Waals surface area contributed by atoms with Crippen molar-refractivity contribution < 1.29 is 23.1 Å². The molecule has 0 bridgehead atoms. The molecule has 1 rings (SSSR count). The Hall–Kier alpha value is -1.80. The Balaban J connectivity index is 2.99. The van der Waals surface area contributed by atoms with E-state index in [0.717, 1.165) is 17.0 Å². The Morgan fingerprint density at radius 2 is 1.95 bits per heavy atom. The topological polar surface area (TPSA) is 78.6 Å². The van der Waals surface area contributed by atoms with Crippen molar-refractivity contribution in [3.05, 3.63) is 29.8 Å². The monoisotopic (exact) mass is 291 g/mol. The predicted octanol–water partition coefficient (Wildman–Crippen LogP) is 1.17. The van der Waals surface area contributed by atoms with Gasteiger partial charge in [-0.25, -0.2) is 4.79 Å². The molecule has 0 aliphatic heterocycles. The first-order valence-electron chi connectivity index (χ1n) is 5.84. The van der Waals surface area contributed by atoms with E-state index in [1.165, 1.54) is 19.2 Å². The number of hydrogen-bond donors (Lipinski definition) is 3. The summed E-state index contributed by atoms with van der Waals surface area (Å²) in [5, 5.41) is 11.8. The molecule has 20 heavy (non-hydrogen) atoms. The standard InChI is InChI=1S/C12H16F3N3O2/c1-17-11(20)18(7-10(19)6-16)9-4-2-8(3-5-9)12(13,14)15/h2-5,10,19H,6-7,16H2,1H3,(H,17,20). The number of rotatable bonds is 4. The first kappa shape index (κ1) is 16.3. The number of anilines is 1. The summed E-state index contributed by atoms with van der Waals surface area (Å²) in [6, 6.07) is 3.54. The van der Waals surface area contributed by atoms with Crippen molar-refractivity contribution in [2.45, 2.75) is 12.3 Å². The number of urea groups is 1. The summed E-state index contributed by atoms with van der Waals surface area (Å²) in [5.41, 5.74) is 4.70. The van der Waals surface area contributed by atoms with E-state index < -0.39 is 23.9 Å². The number of alkyl halides is 3. The number of hydrogen-bond acceptors (Lipinski definition) is 3. The van der Waals surface area contributed by atoms with Crippen LogP contribution in [0.4, 0.5) is 23.7 Å². The summed E-state index contributed by atoms with van der Waals surface area (Å²) in [6.07, 6.45) is -5.40. The minimum Gasteiger partial charge on any atom is -0.390 e. The van der Waals surface area contributed by atoms with Crippen molar-refractivity contribution in [1.82, 2.24) is 5.32 Å². The van der Waals surface area contributed by atoms with Crippen LogP contribution in [0.15, 0.2) is 24.3 Å². The zero-order chi connectivity index (χ0) is 15.3. The van der Waals surface area contributed by atoms with Gasteiger partial charge in [-0.15, -0.1) is 0 Å². The quantitative estimate of drug-likeness (QED) is 0.779. The van der Waals surface area contributed by atoms with Crippen LogP contribution in [0.5, 0.6) is 0 Å². The normalized spacial score (nSPS) is 12.9. The summed E-state index contributed by atoms with van der Waals surface area (Å²) in [5.74, 6) is 0. The highest BCUT2D eigenvalue weighted by molar-refractivity contribution is 5.91. The zero-order valence-corrected chi connectivity index (χ0v) is 10.8. The highest BCUT2D eigenvalue weighted by atomic mass is 19.4. The summed E-state index contributed by atoms with van der Waals surface area (Å²) < 4.78 is 37.4. The lowest BCUT2D eigenvalue weighted by Crippen LogP contribution is -2.44. The minimum absolute atomic E-state index is 0.0614. The molecule has 1 aromatic carbocycles. The number of aliphatic hydroxyl groups is 1. The number of carbonyl (C=O) groups is 1. The van der Waals surface area contributed by atoms with E-state index in [1.807, 2.05) is 0 Å². The molecule has 1 aromatic rings. The van der Waals surface area contributed by atoms with Crippen molar-refractivity contribution >= 4 is 11.7 Å². The van der Waals surface area contributed by atoms with Crippen LogP contribution in [0, 0.1) is 0 Å². The largest absolute Gasteiger partial charge is 0.416 e. The number of amides is 2. The Morgan fingerprint density at radius 1 is 1.40 bits per heavy atom. The van der Waals surface area contributed by atoms with Gasteiger partial charge in [0.1, 0.15) is 0 Å². The number of benzene rings is 1. The van der Waals surface area contributed by atoms with Crippen LogP contribution >= 0.6 is 0 Å². The van der Waals surface area contributed by atoms with Gasteiger partial charge in [-0.1, -0.05) is 0 Å². The molecule has 0 heterocycles. The fourth-order valence-electron chi connectivity index (χ4n) is 1.56. The van der Waals surface area contributed by atoms with E-state index >= 15 is 0 Å². The van der Waals surface area contributed by atoms with E-state index in [0.29, 0.717) is 0 Å². The minimum atomic E-state index is -4.44. The molecule has 0 spiro atoms. The molecule has 0 aliphatic rings. The maximum absolute atomic E-state index is 12.5. The molecular weight excluding hydrogens is 275 g/mol. The molecule has 0 aliphatic carbocycles. The molecule has 0 saturated carbocycles. The zero-order valence-electron chi connectivity index (χ0n) is 10.8. The van der Waals surface area contributed by atoms with Gasteiger partial charge in [-0.05, 0) is 24.3 Å². The fraction of sp³-hybridized carbons (Fsp3) is 0.417. The van der Waals surface area contributed by atoms with Gasteiger partial charge in [-0.3, -0.25) is 4.90 Å². The van der Waals surface area contributed by atoms with E-state index in [-0.39, 0.29) is 18.8 Å². The third-order valence-corrected chi connectivity index (χ3v) is 2.63. The number of carbonyl (C=O) groups excluding carboxylic acids is 1. The van der Waals surface area contributed by atoms with Crippen LogP contribution in [-0.2, 0) is 6.18 Å². The molecular formula is C12H16F3N3O2. The van der Waals surface area contributed by atoms with Crippen LogP contribution in [0.3, 0.4) is 0 Å². The van der Waals surface area contributed by atoms with Crippen LogP contribution in [0.25, 0.3) is 0 Å². The van der Waals surface area contributed by atoms with E-state index in [1.54, 1.807) is 0 Å². The summed E-state index contributed by atoms with van der Waals surface area (Å²) >= 11 is 0. The molecule has 2 amide bonds. The third-order valence-electron chi connectivity index (χ3n) is 2.63. The van der Waals surface area contributed by atoms with Gasteiger partial charge in [0.15, 0.2) is 0 Å². The van der Waals surface area contributed by atoms with Gasteiger partial charge in [0, 0.05) is 19.3 Å². The van der Waals surface area contributed by atoms with Gasteiger partial charge in [-0.2, -0.15) is 13.2 Å². The Bertz CT molecular complexity index is 448. The molecule has 0 radical (unpaired) electrons. The first-order chi connectivity index (χ1) is 9.29. The molecule has 0 aromatic heterocycles. The highest BCUT2D eigenvalue weighted by Gasteiger charge is 2.30. The second kappa shape index (κ2) is 6.58. The average molecular weight is 291 g/mol. The van der Waals surface area contributed by atoms with Crippen LogP contribution in [-0.4, -0.2) is 37.4 Å². The lowest BCUT2D eigenvalue weighted by atomic mass is 10.2. The molecule has 0 saturated heterocycles. The molecule has 112 valence electrons. The van der Waals surface area contributed by atoms with Crippen molar-refractivity contribution in [2.24, 2.45) is 5.73 Å². The van der Waals surface area contributed by atoms with Gasteiger partial charge in [0.2, 0.25) is 0 Å². The van der Waals surface area contributed by atoms with Crippen molar-refractivity contribution in [1.29, 1.82) is 0 Å². The molecule has 1 unspecified atom stereocenters. The lowest BCUT2D eigenvalue weighted by molar-refractivity contribution is -0.137. The van der Waals surface area contributed by atoms with Gasteiger partial charge >= 0.3 is 12.2 Å². The number of aliphatic hydroxyl groups excluding tert-OH is 1. The molecule has 1 atom stereocenters. The van der Waals surface area contributed by atoms with Crippen LogP contribution in [0.2, 0.25) is 0 Å². The summed E-state index contributed by atoms with van der Waals surface area (Å²) in [4.78, 5) is 12.8. The van der Waals surface area contributed by atoms with Crippen molar-refractivity contribution in [3.63, 3.8) is 0 Å². The second-order valence-electron chi connectivity index (χ2n) is 4.10. The van der Waals surface area contributed by atoms with E-state index in [2.05, 4.69) is 5.32 Å². The number of nitrogens with one attached hydrogen (secondary N) is 1. The van der Waals surface area contributed by atoms with Crippen molar-refractivity contribution in [3.8, 4) is 0 Å². The predicted molar refractivity (Wildman–Crippen MR) is 68.3 cm³/mol. The molecule has 4 N–H and O–H groups in total. The van der Waals surface area contributed by atoms with Gasteiger partial charge < -0.3 is 16.2 Å². The number of nitrogens with zero attached hydrogens (tertiary/aromatic N) is 1. The first-order valence-corrected chi connectivity index (χ1v) is 5.84. The third kappa shape index (κ3) is 4.10. The smallest absolute Gasteiger partial charge is 0.390 e. The van der Waals surface area contributed by atoms with E-state index in [9.17, 15) is 23.1 Å². The van der Waals surface area contributed by atoms with Gasteiger partial charge in [0.05, 0.1) is 18.2 Å². The molecule has 5 nitrogen and oxygen atoms in total. The Kier molecular flexibility index (Phi) is 5.34. The van der Waals surface area contributed by atoms with Gasteiger partial charge in [0.25, 0.3) is 0 Å². The summed E-state index contributed by atoms with van der Waals surface area (Å²) in [7, 11) is 1.38. The van der Waals surface area contributed by atoms with Crippen LogP contribution < -0.4 is 16.0 Å². The lowest BCUT2D eigenvalue weighted by Gasteiger charge is -2.24. The Morgan fingerprint density at radius 3 is 2.35 bits per heavy atom. The second-order valence-corrected chi connectivity index (χ2v) is 4.10. The summed E-state index contributed by atoms with van der Waals surface area (Å²) in [6.45, 7) is -0.171.